The maximum Gasteiger partial charge on any atom is 0.217 e. The second kappa shape index (κ2) is 32.7. The molecule has 0 bridgehead atoms. The van der Waals surface area contributed by atoms with E-state index in [1.807, 2.05) is 0 Å². The Bertz CT molecular complexity index is 2260. The first-order chi connectivity index (χ1) is 43.5. The van der Waals surface area contributed by atoms with E-state index in [9.17, 15) is 132 Å². The first-order valence-electron chi connectivity index (χ1n) is 29.2. The van der Waals surface area contributed by atoms with Gasteiger partial charge in [-0.3, -0.25) is 4.79 Å². The van der Waals surface area contributed by atoms with Crippen LogP contribution in [0.1, 0.15) is 6.92 Å². The Morgan fingerprint density at radius 3 is 0.978 bits per heavy atom. The third kappa shape index (κ3) is 16.0. The molecule has 536 valence electrons. The van der Waals surface area contributed by atoms with Crippen molar-refractivity contribution in [2.24, 2.45) is 0 Å². The third-order valence-corrected chi connectivity index (χ3v) is 17.0. The van der Waals surface area contributed by atoms with Crippen molar-refractivity contribution < 1.29 is 204 Å². The van der Waals surface area contributed by atoms with Crippen molar-refractivity contribution in [1.82, 2.24) is 5.32 Å². The molecule has 8 fully saturated rings. The molecular formula is C50H85NO41. The number of rotatable bonds is 23. The summed E-state index contributed by atoms with van der Waals surface area (Å²) in [6.45, 7) is -7.33. The van der Waals surface area contributed by atoms with Crippen LogP contribution in [-0.2, 0) is 75.8 Å². The monoisotopic (exact) mass is 1360 g/mol. The summed E-state index contributed by atoms with van der Waals surface area (Å²) in [6, 6.07) is -1.69. The van der Waals surface area contributed by atoms with Crippen LogP contribution in [0, 0.1) is 0 Å². The Balaban J connectivity index is 1.12. The van der Waals surface area contributed by atoms with Crippen LogP contribution in [0.3, 0.4) is 0 Å². The van der Waals surface area contributed by atoms with Gasteiger partial charge in [0.15, 0.2) is 50.3 Å². The lowest BCUT2D eigenvalue weighted by Gasteiger charge is -2.49. The summed E-state index contributed by atoms with van der Waals surface area (Å²) < 4.78 is 86.1. The van der Waals surface area contributed by atoms with Gasteiger partial charge in [-0.2, -0.15) is 0 Å². The predicted octanol–water partition coefficient (Wildman–Crippen LogP) is -18.3. The van der Waals surface area contributed by atoms with Crippen molar-refractivity contribution in [1.29, 1.82) is 0 Å². The lowest BCUT2D eigenvalue weighted by Crippen LogP contribution is -2.68. The number of aliphatic hydroxyl groups is 25. The first-order valence-corrected chi connectivity index (χ1v) is 29.2. The van der Waals surface area contributed by atoms with Crippen LogP contribution in [0.5, 0.6) is 0 Å². The van der Waals surface area contributed by atoms with Gasteiger partial charge in [0.1, 0.15) is 195 Å². The molecule has 42 nitrogen and oxygen atoms in total. The molecule has 0 aromatic heterocycles. The van der Waals surface area contributed by atoms with E-state index in [1.165, 1.54) is 0 Å². The minimum absolute atomic E-state index is 0.805. The number of amides is 1. The summed E-state index contributed by atoms with van der Waals surface area (Å²) in [7, 11) is 0. The molecule has 0 aromatic rings. The molecule has 8 aliphatic rings. The zero-order valence-electron chi connectivity index (χ0n) is 48.5. The lowest BCUT2D eigenvalue weighted by molar-refractivity contribution is -0.396. The van der Waals surface area contributed by atoms with Crippen LogP contribution >= 0.6 is 0 Å². The summed E-state index contributed by atoms with van der Waals surface area (Å²) in [5.41, 5.74) is 0. The molecule has 0 aliphatic carbocycles. The van der Waals surface area contributed by atoms with Gasteiger partial charge in [-0.1, -0.05) is 0 Å². The van der Waals surface area contributed by atoms with Crippen molar-refractivity contribution >= 4 is 5.91 Å². The number of hydrogen-bond donors (Lipinski definition) is 26. The van der Waals surface area contributed by atoms with Crippen LogP contribution in [0.15, 0.2) is 0 Å². The van der Waals surface area contributed by atoms with Gasteiger partial charge in [0, 0.05) is 6.92 Å². The van der Waals surface area contributed by atoms with Crippen molar-refractivity contribution in [2.45, 2.75) is 253 Å². The summed E-state index contributed by atoms with van der Waals surface area (Å²) in [6.07, 6.45) is -80.5. The standard InChI is InChI=1S/C50H85NO41/c1-10(58)51-19-27(66)38(16(7-57)80-43(19)77)88-48-37(76)40(89-45-33(72)28(67)20(59)11(2-52)81-45)26(65)18(87-48)8-78-44-36(75)39(90-50-42(32(71)24(63)15(6-56)85-50)92-47-35(74)30(69)22(61)13(4-54)83-47)25(64)17(86-44)9-79-49-41(31(70)23(62)14(5-55)84-49)91-46-34(73)29(68)21(60)12(3-53)82-46/h11-50,52-57,59-77H,2-9H2,1H3,(H,51,58)/t11-,12-,13-,14-,15-,16-,17-,18-,19-,20-,21-,22-,23-,24-,25-,26-,27-,28+,29+,30+,31+,32+,33+,34+,35+,36+,37+,38-,39+,40+,41+,42+,43-,44+,45-,46-,47-,48+,49+,50-/m1/s1. The van der Waals surface area contributed by atoms with Crippen molar-refractivity contribution in [3.05, 3.63) is 0 Å². The van der Waals surface area contributed by atoms with Gasteiger partial charge in [-0.05, 0) is 0 Å². The maximum absolute atomic E-state index is 12.2. The highest BCUT2D eigenvalue weighted by molar-refractivity contribution is 5.73. The van der Waals surface area contributed by atoms with Crippen LogP contribution < -0.4 is 5.32 Å². The van der Waals surface area contributed by atoms with Gasteiger partial charge in [0.05, 0.1) is 52.9 Å². The molecule has 0 spiro atoms. The van der Waals surface area contributed by atoms with Gasteiger partial charge in [0.2, 0.25) is 5.91 Å². The zero-order valence-corrected chi connectivity index (χ0v) is 48.5. The fourth-order valence-electron chi connectivity index (χ4n) is 11.6. The fourth-order valence-corrected chi connectivity index (χ4v) is 11.6. The smallest absolute Gasteiger partial charge is 0.217 e. The van der Waals surface area contributed by atoms with Crippen LogP contribution in [-0.4, -0.2) is 432 Å². The van der Waals surface area contributed by atoms with Gasteiger partial charge < -0.3 is 204 Å². The summed E-state index contributed by atoms with van der Waals surface area (Å²) in [4.78, 5) is 12.1. The topological polar surface area (TPSA) is 673 Å². The fraction of sp³-hybridized carbons (Fsp3) is 0.980. The number of nitrogens with one attached hydrogen (secondary N) is 1. The average Bonchev–Trinajstić information content (AvgIpc) is 0.794. The Hall–Kier alpha value is -2.13. The number of aliphatic hydroxyl groups excluding tert-OH is 25. The van der Waals surface area contributed by atoms with Gasteiger partial charge in [0.25, 0.3) is 0 Å². The first kappa shape index (κ1) is 75.6. The van der Waals surface area contributed by atoms with Crippen molar-refractivity contribution in [2.75, 3.05) is 52.9 Å². The van der Waals surface area contributed by atoms with Crippen LogP contribution in [0.2, 0.25) is 0 Å². The summed E-state index contributed by atoms with van der Waals surface area (Å²) in [5, 5.41) is 273. The Morgan fingerprint density at radius 1 is 0.283 bits per heavy atom. The number of hydrogen-bond acceptors (Lipinski definition) is 41. The lowest BCUT2D eigenvalue weighted by atomic mass is 9.95. The summed E-state index contributed by atoms with van der Waals surface area (Å²) >= 11 is 0. The molecule has 0 radical (unpaired) electrons. The van der Waals surface area contributed by atoms with E-state index < -0.39 is 304 Å². The second-order valence-corrected chi connectivity index (χ2v) is 23.2. The molecule has 0 saturated carbocycles. The molecule has 40 atom stereocenters. The SMILES string of the molecule is CC(=O)N[C@@H]1[C@@H](O)[C@H](O[C@@H]2O[C@H](CO[C@H]3O[C@H](CO[C@H]4O[C@H](CO)[C@@H](O)[C@H](O)[C@@H]4O[C@H]4O[C@H](CO)[C@@H](O)[C@H](O)[C@@H]4O)[C@@H](O)[C@H](O[C@H]4O[C@H](CO)[C@@H](O)[C@H](O)[C@@H]4O[C@H]4O[C@H](CO)[C@@H](O)[C@H](O)[C@@H]4O)[C@@H]3O)[C@@H](O)[C@H](O[C@H]3O[C@H](CO)[C@@H](O)[C@H](O)[C@@H]3O)[C@@H]2O)[C@@H](CO)O[C@H]1O. The minimum Gasteiger partial charge on any atom is -0.394 e. The molecule has 8 saturated heterocycles. The predicted molar refractivity (Wildman–Crippen MR) is 276 cm³/mol. The summed E-state index contributed by atoms with van der Waals surface area (Å²) in [5.74, 6) is -0.805. The molecule has 0 aromatic carbocycles. The zero-order chi connectivity index (χ0) is 67.6. The Kier molecular flexibility index (Phi) is 26.9. The van der Waals surface area contributed by atoms with Gasteiger partial charge in [-0.15, -0.1) is 0 Å². The maximum atomic E-state index is 12.2. The quantitative estimate of drug-likeness (QED) is 0.0452. The molecule has 1 amide bonds. The second-order valence-electron chi connectivity index (χ2n) is 23.2. The Morgan fingerprint density at radius 2 is 0.576 bits per heavy atom. The highest BCUT2D eigenvalue weighted by atomic mass is 16.8. The Labute approximate surface area is 519 Å². The molecule has 26 N–H and O–H groups in total. The molecule has 8 rings (SSSR count). The number of ether oxygens (including phenoxy) is 15. The molecular weight excluding hydrogens is 1270 g/mol. The van der Waals surface area contributed by atoms with E-state index in [1.54, 1.807) is 0 Å². The number of carbonyl (C=O) groups excluding carboxylic acids is 1. The largest absolute Gasteiger partial charge is 0.394 e. The van der Waals surface area contributed by atoms with Gasteiger partial charge >= 0.3 is 0 Å². The van der Waals surface area contributed by atoms with E-state index in [4.69, 9.17) is 71.1 Å². The molecule has 0 unspecified atom stereocenters. The third-order valence-electron chi connectivity index (χ3n) is 17.0. The molecule has 8 aliphatic heterocycles. The normalized spacial score (nSPS) is 52.2. The van der Waals surface area contributed by atoms with Crippen LogP contribution in [0.4, 0.5) is 0 Å². The van der Waals surface area contributed by atoms with E-state index >= 15 is 0 Å². The minimum atomic E-state index is -2.44. The van der Waals surface area contributed by atoms with E-state index in [0.717, 1.165) is 6.92 Å². The molecule has 8 heterocycles. The van der Waals surface area contributed by atoms with Crippen molar-refractivity contribution in [3.8, 4) is 0 Å². The van der Waals surface area contributed by atoms with E-state index in [0.29, 0.717) is 0 Å². The number of carbonyl (C=O) groups is 1. The molecule has 92 heavy (non-hydrogen) atoms. The van der Waals surface area contributed by atoms with E-state index in [-0.39, 0.29) is 0 Å². The molecule has 42 heteroatoms. The van der Waals surface area contributed by atoms with Crippen molar-refractivity contribution in [3.63, 3.8) is 0 Å². The average molecular weight is 1360 g/mol. The highest BCUT2D eigenvalue weighted by Crippen LogP contribution is 2.38. The van der Waals surface area contributed by atoms with E-state index in [2.05, 4.69) is 5.32 Å². The van der Waals surface area contributed by atoms with Gasteiger partial charge in [-0.25, -0.2) is 0 Å². The highest BCUT2D eigenvalue weighted by Gasteiger charge is 2.59. The van der Waals surface area contributed by atoms with Crippen LogP contribution in [0.25, 0.3) is 0 Å².